The molecule has 0 heterocycles. The predicted octanol–water partition coefficient (Wildman–Crippen LogP) is 0.363. The Balaban J connectivity index is 0. The third-order valence-corrected chi connectivity index (χ3v) is 4.03. The Labute approximate surface area is 198 Å². The van der Waals surface area contributed by atoms with Gasteiger partial charge in [-0.25, -0.2) is 0 Å². The number of carboxylic acids is 1. The number of nitrogens with one attached hydrogen (secondary N) is 1. The molecule has 29 heavy (non-hydrogen) atoms. The number of unbranched alkanes of at least 4 members (excludes halogenated alkanes) is 4. The molecule has 0 aromatic rings. The Kier molecular flexibility index (Phi) is 24.0. The summed E-state index contributed by atoms with van der Waals surface area (Å²) < 4.78 is 0. The molecular formula is C23H36NNaO4. The van der Waals surface area contributed by atoms with Crippen LogP contribution in [-0.4, -0.2) is 29.6 Å². The minimum absolute atomic E-state index is 0. The Bertz CT molecular complexity index is 527. The van der Waals surface area contributed by atoms with E-state index >= 15 is 0 Å². The van der Waals surface area contributed by atoms with Gasteiger partial charge in [-0.2, -0.15) is 0 Å². The number of rotatable bonds is 17. The summed E-state index contributed by atoms with van der Waals surface area (Å²) >= 11 is 0. The molecule has 0 aliphatic heterocycles. The number of carboxylic acid groups (broad SMARTS) is 1. The van der Waals surface area contributed by atoms with E-state index in [-0.39, 0.29) is 41.9 Å². The van der Waals surface area contributed by atoms with Gasteiger partial charge in [0, 0.05) is 6.42 Å². The smallest absolute Gasteiger partial charge is 0.548 e. The third-order valence-electron chi connectivity index (χ3n) is 4.03. The van der Waals surface area contributed by atoms with E-state index in [4.69, 9.17) is 5.11 Å². The molecule has 0 spiro atoms. The molecule has 0 saturated heterocycles. The van der Waals surface area contributed by atoms with Crippen molar-refractivity contribution in [2.45, 2.75) is 77.2 Å². The van der Waals surface area contributed by atoms with E-state index in [0.717, 1.165) is 25.7 Å². The van der Waals surface area contributed by atoms with Gasteiger partial charge in [0.05, 0.1) is 18.6 Å². The van der Waals surface area contributed by atoms with Crippen molar-refractivity contribution in [3.8, 4) is 0 Å². The molecule has 1 atom stereocenters. The number of allylic oxidation sites excluding steroid dienone is 8. The normalized spacial score (nSPS) is 12.8. The van der Waals surface area contributed by atoms with Crippen molar-refractivity contribution >= 4 is 11.9 Å². The molecule has 0 saturated carbocycles. The van der Waals surface area contributed by atoms with E-state index in [9.17, 15) is 14.7 Å². The number of aliphatic hydroxyl groups is 1. The molecule has 1 amide bonds. The van der Waals surface area contributed by atoms with Crippen LogP contribution in [0.1, 0.15) is 71.1 Å². The predicted molar refractivity (Wildman–Crippen MR) is 112 cm³/mol. The Morgan fingerprint density at radius 3 is 1.79 bits per heavy atom. The zero-order valence-corrected chi connectivity index (χ0v) is 20.1. The van der Waals surface area contributed by atoms with Crippen LogP contribution >= 0.6 is 0 Å². The first-order valence-corrected chi connectivity index (χ1v) is 10.3. The van der Waals surface area contributed by atoms with Crippen LogP contribution in [0.2, 0.25) is 0 Å². The van der Waals surface area contributed by atoms with E-state index in [0.29, 0.717) is 6.42 Å². The molecule has 0 bridgehead atoms. The van der Waals surface area contributed by atoms with Crippen molar-refractivity contribution in [2.75, 3.05) is 6.61 Å². The fourth-order valence-electron chi connectivity index (χ4n) is 2.39. The first-order chi connectivity index (χ1) is 13.6. The van der Waals surface area contributed by atoms with Crippen LogP contribution in [0.4, 0.5) is 0 Å². The van der Waals surface area contributed by atoms with Crippen molar-refractivity contribution in [3.63, 3.8) is 0 Å². The Morgan fingerprint density at radius 1 is 0.862 bits per heavy atom. The number of carbonyl (C=O) groups excluding carboxylic acids is 2. The fourth-order valence-corrected chi connectivity index (χ4v) is 2.39. The summed E-state index contributed by atoms with van der Waals surface area (Å²) in [5.74, 6) is -1.87. The van der Waals surface area contributed by atoms with Gasteiger partial charge in [-0.05, 0) is 44.9 Å². The molecule has 0 aromatic carbocycles. The van der Waals surface area contributed by atoms with Crippen LogP contribution in [0, 0.1) is 0 Å². The molecule has 5 nitrogen and oxygen atoms in total. The van der Waals surface area contributed by atoms with Crippen LogP contribution in [0.5, 0.6) is 0 Å². The molecule has 0 aliphatic rings. The summed E-state index contributed by atoms with van der Waals surface area (Å²) in [4.78, 5) is 22.1. The maximum Gasteiger partial charge on any atom is 1.00 e. The van der Waals surface area contributed by atoms with Crippen molar-refractivity contribution in [1.29, 1.82) is 0 Å². The van der Waals surface area contributed by atoms with Crippen LogP contribution < -0.4 is 40.0 Å². The summed E-state index contributed by atoms with van der Waals surface area (Å²) in [7, 11) is 0. The van der Waals surface area contributed by atoms with Gasteiger partial charge in [-0.15, -0.1) is 0 Å². The molecule has 0 rings (SSSR count). The van der Waals surface area contributed by atoms with Gasteiger partial charge < -0.3 is 20.3 Å². The van der Waals surface area contributed by atoms with Crippen LogP contribution in [0.15, 0.2) is 48.6 Å². The van der Waals surface area contributed by atoms with Crippen LogP contribution in [-0.2, 0) is 9.59 Å². The number of amides is 1. The minimum atomic E-state index is -1.48. The first kappa shape index (κ1) is 30.1. The number of hydrogen-bond acceptors (Lipinski definition) is 4. The van der Waals surface area contributed by atoms with E-state index in [1.165, 1.54) is 25.7 Å². The number of aliphatic carboxylic acids is 1. The van der Waals surface area contributed by atoms with Crippen LogP contribution in [0.3, 0.4) is 0 Å². The van der Waals surface area contributed by atoms with E-state index in [1.54, 1.807) is 0 Å². The van der Waals surface area contributed by atoms with Crippen molar-refractivity contribution in [3.05, 3.63) is 48.6 Å². The molecule has 0 aromatic heterocycles. The molecule has 0 unspecified atom stereocenters. The quantitative estimate of drug-likeness (QED) is 0.205. The van der Waals surface area contributed by atoms with E-state index in [1.807, 2.05) is 6.08 Å². The van der Waals surface area contributed by atoms with Crippen molar-refractivity contribution in [2.24, 2.45) is 0 Å². The second-order valence-electron chi connectivity index (χ2n) is 6.60. The van der Waals surface area contributed by atoms with Gasteiger partial charge in [0.15, 0.2) is 0 Å². The molecule has 0 aliphatic carbocycles. The van der Waals surface area contributed by atoms with Gasteiger partial charge in [0.1, 0.15) is 0 Å². The molecule has 2 N–H and O–H groups in total. The monoisotopic (exact) mass is 413 g/mol. The second kappa shape index (κ2) is 23.1. The SMILES string of the molecule is CCCCC/C=C\C/C=C\C/C=C\C/C=C\CCCC(=O)N[C@@H](CO)C(=O)[O-].[Na+]. The molecular weight excluding hydrogens is 377 g/mol. The summed E-state index contributed by atoms with van der Waals surface area (Å²) in [5, 5.41) is 21.6. The van der Waals surface area contributed by atoms with Gasteiger partial charge >= 0.3 is 29.6 Å². The van der Waals surface area contributed by atoms with E-state index < -0.39 is 18.6 Å². The second-order valence-corrected chi connectivity index (χ2v) is 6.60. The zero-order chi connectivity index (χ0) is 20.9. The average molecular weight is 414 g/mol. The zero-order valence-electron chi connectivity index (χ0n) is 18.1. The molecule has 0 fully saturated rings. The average Bonchev–Trinajstić information content (AvgIpc) is 2.68. The first-order valence-electron chi connectivity index (χ1n) is 10.3. The molecule has 0 radical (unpaired) electrons. The fraction of sp³-hybridized carbons (Fsp3) is 0.565. The maximum absolute atomic E-state index is 11.5. The largest absolute Gasteiger partial charge is 1.00 e. The van der Waals surface area contributed by atoms with Gasteiger partial charge in [-0.1, -0.05) is 68.4 Å². The maximum atomic E-state index is 11.5. The van der Waals surface area contributed by atoms with Crippen molar-refractivity contribution < 1.29 is 49.4 Å². The van der Waals surface area contributed by atoms with Gasteiger partial charge in [-0.3, -0.25) is 4.79 Å². The van der Waals surface area contributed by atoms with Gasteiger partial charge in [0.2, 0.25) is 5.91 Å². The van der Waals surface area contributed by atoms with E-state index in [2.05, 4.69) is 54.8 Å². The third kappa shape index (κ3) is 21.4. The molecule has 158 valence electrons. The topological polar surface area (TPSA) is 89.5 Å². The Hall–Kier alpha value is -1.14. The Morgan fingerprint density at radius 2 is 1.34 bits per heavy atom. The van der Waals surface area contributed by atoms with Gasteiger partial charge in [0.25, 0.3) is 0 Å². The number of carbonyl (C=O) groups is 2. The van der Waals surface area contributed by atoms with Crippen molar-refractivity contribution in [1.82, 2.24) is 5.32 Å². The number of hydrogen-bond donors (Lipinski definition) is 2. The summed E-state index contributed by atoms with van der Waals surface area (Å²) in [6, 6.07) is -1.33. The number of aliphatic hydroxyl groups excluding tert-OH is 1. The summed E-state index contributed by atoms with van der Waals surface area (Å²) in [5.41, 5.74) is 0. The standard InChI is InChI=1S/C23H37NO4.Na/c1-2-3-4-5-6-7-8-9-10-11-12-13-14-15-16-17-18-19-22(26)24-21(20-25)23(27)28;/h6-7,9-10,12-13,15-16,21,25H,2-5,8,11,14,17-20H2,1H3,(H,24,26)(H,27,28);/q;+1/p-1/b7-6-,10-9-,13-12-,16-15-;/t21-;/m0./s1. The van der Waals surface area contributed by atoms with Crippen LogP contribution in [0.25, 0.3) is 0 Å². The minimum Gasteiger partial charge on any atom is -0.548 e. The summed E-state index contributed by atoms with van der Waals surface area (Å²) in [6.07, 6.45) is 26.6. The molecule has 6 heteroatoms. The summed E-state index contributed by atoms with van der Waals surface area (Å²) in [6.45, 7) is 1.56.